The highest BCUT2D eigenvalue weighted by Gasteiger charge is 2.12. The molecule has 94 valence electrons. The third kappa shape index (κ3) is 3.41. The van der Waals surface area contributed by atoms with Crippen LogP contribution in [0.5, 0.6) is 5.75 Å². The number of phenolic OH excluding ortho intramolecular Hbond substituents is 1. The fourth-order valence-electron chi connectivity index (χ4n) is 1.35. The number of hydrogen-bond acceptors (Lipinski definition) is 2. The molecule has 6 heteroatoms. The van der Waals surface area contributed by atoms with Crippen LogP contribution in [0.1, 0.15) is 13.8 Å². The van der Waals surface area contributed by atoms with Crippen LogP contribution in [0.15, 0.2) is 12.1 Å². The number of carbonyl (C=O) groups excluding carboxylic acids is 1. The molecule has 2 amide bonds. The maximum Gasteiger partial charge on any atom is 0.321 e. The molecule has 2 N–H and O–H groups in total. The second-order valence-corrected chi connectivity index (χ2v) is 4.21. The molecule has 0 heterocycles. The molecule has 1 aromatic carbocycles. The molecule has 0 aliphatic rings. The van der Waals surface area contributed by atoms with Crippen molar-refractivity contribution in [1.29, 1.82) is 0 Å². The molecular weight excluding hydrogens is 263 g/mol. The molecule has 1 aromatic rings. The van der Waals surface area contributed by atoms with E-state index in [1.165, 1.54) is 12.1 Å². The monoisotopic (exact) mass is 276 g/mol. The Bertz CT molecular complexity index is 397. The van der Waals surface area contributed by atoms with Gasteiger partial charge in [0, 0.05) is 18.8 Å². The Labute approximate surface area is 110 Å². The van der Waals surface area contributed by atoms with Crippen molar-refractivity contribution < 1.29 is 9.90 Å². The predicted molar refractivity (Wildman–Crippen MR) is 70.1 cm³/mol. The molecular formula is C11H14Cl2N2O2. The molecule has 0 radical (unpaired) electrons. The number of rotatable bonds is 3. The smallest absolute Gasteiger partial charge is 0.321 e. The van der Waals surface area contributed by atoms with Crippen molar-refractivity contribution in [2.24, 2.45) is 0 Å². The van der Waals surface area contributed by atoms with E-state index in [4.69, 9.17) is 23.2 Å². The molecule has 0 aromatic heterocycles. The van der Waals surface area contributed by atoms with Gasteiger partial charge in [0.2, 0.25) is 0 Å². The van der Waals surface area contributed by atoms with Gasteiger partial charge in [0.25, 0.3) is 0 Å². The number of carbonyl (C=O) groups is 1. The summed E-state index contributed by atoms with van der Waals surface area (Å²) < 4.78 is 0. The van der Waals surface area contributed by atoms with E-state index < -0.39 is 0 Å². The average molecular weight is 277 g/mol. The zero-order valence-electron chi connectivity index (χ0n) is 9.63. The molecule has 0 unspecified atom stereocenters. The van der Waals surface area contributed by atoms with Crippen LogP contribution in [0.25, 0.3) is 0 Å². The van der Waals surface area contributed by atoms with Crippen LogP contribution in [0, 0.1) is 0 Å². The molecule has 0 aliphatic heterocycles. The van der Waals surface area contributed by atoms with Gasteiger partial charge >= 0.3 is 6.03 Å². The number of halogens is 2. The highest BCUT2D eigenvalue weighted by molar-refractivity contribution is 6.37. The third-order valence-corrected chi connectivity index (χ3v) is 2.90. The SMILES string of the molecule is CCN(CC)C(=O)Nc1cc(Cl)c(O)c(Cl)c1. The first kappa shape index (κ1) is 13.9. The van der Waals surface area contributed by atoms with Crippen LogP contribution < -0.4 is 5.32 Å². The normalized spacial score (nSPS) is 10.1. The standard InChI is InChI=1S/C11H14Cl2N2O2/c1-3-15(4-2)11(17)14-7-5-8(12)10(16)9(13)6-7/h5-6,16H,3-4H2,1-2H3,(H,14,17). The zero-order chi connectivity index (χ0) is 13.0. The van der Waals surface area contributed by atoms with Gasteiger partial charge in [-0.1, -0.05) is 23.2 Å². The topological polar surface area (TPSA) is 52.6 Å². The Morgan fingerprint density at radius 2 is 1.76 bits per heavy atom. The number of nitrogens with one attached hydrogen (secondary N) is 1. The molecule has 0 aliphatic carbocycles. The van der Waals surface area contributed by atoms with E-state index in [-0.39, 0.29) is 21.8 Å². The highest BCUT2D eigenvalue weighted by Crippen LogP contribution is 2.34. The Morgan fingerprint density at radius 1 is 1.29 bits per heavy atom. The first-order chi connectivity index (χ1) is 7.99. The molecule has 0 fully saturated rings. The number of nitrogens with zero attached hydrogens (tertiary/aromatic N) is 1. The fourth-order valence-corrected chi connectivity index (χ4v) is 1.84. The van der Waals surface area contributed by atoms with E-state index in [9.17, 15) is 9.90 Å². The van der Waals surface area contributed by atoms with E-state index in [2.05, 4.69) is 5.32 Å². The van der Waals surface area contributed by atoms with Gasteiger partial charge in [0.1, 0.15) is 0 Å². The zero-order valence-corrected chi connectivity index (χ0v) is 11.1. The minimum atomic E-state index is -0.229. The summed E-state index contributed by atoms with van der Waals surface area (Å²) in [5.41, 5.74) is 0.453. The quantitative estimate of drug-likeness (QED) is 0.830. The summed E-state index contributed by atoms with van der Waals surface area (Å²) in [5.74, 6) is -0.186. The Morgan fingerprint density at radius 3 is 2.18 bits per heavy atom. The number of amides is 2. The Kier molecular flexibility index (Phi) is 4.90. The second-order valence-electron chi connectivity index (χ2n) is 3.39. The molecule has 1 rings (SSSR count). The maximum atomic E-state index is 11.7. The number of urea groups is 1. The van der Waals surface area contributed by atoms with Crippen LogP contribution in [-0.2, 0) is 0 Å². The lowest BCUT2D eigenvalue weighted by Crippen LogP contribution is -2.34. The largest absolute Gasteiger partial charge is 0.505 e. The molecule has 0 saturated carbocycles. The summed E-state index contributed by atoms with van der Waals surface area (Å²) >= 11 is 11.5. The first-order valence-corrected chi connectivity index (χ1v) is 5.99. The van der Waals surface area contributed by atoms with Gasteiger partial charge in [0.15, 0.2) is 5.75 Å². The minimum Gasteiger partial charge on any atom is -0.505 e. The average Bonchev–Trinajstić information content (AvgIpc) is 2.27. The molecule has 0 atom stereocenters. The Hall–Kier alpha value is -1.13. The van der Waals surface area contributed by atoms with Gasteiger partial charge in [-0.25, -0.2) is 4.79 Å². The van der Waals surface area contributed by atoms with Crippen molar-refractivity contribution in [3.05, 3.63) is 22.2 Å². The van der Waals surface area contributed by atoms with Crippen molar-refractivity contribution in [2.75, 3.05) is 18.4 Å². The lowest BCUT2D eigenvalue weighted by atomic mass is 10.3. The lowest BCUT2D eigenvalue weighted by molar-refractivity contribution is 0.217. The van der Waals surface area contributed by atoms with E-state index in [1.807, 2.05) is 13.8 Å². The fraction of sp³-hybridized carbons (Fsp3) is 0.364. The van der Waals surface area contributed by atoms with E-state index >= 15 is 0 Å². The van der Waals surface area contributed by atoms with Crippen LogP contribution in [0.3, 0.4) is 0 Å². The lowest BCUT2D eigenvalue weighted by Gasteiger charge is -2.19. The highest BCUT2D eigenvalue weighted by atomic mass is 35.5. The molecule has 0 spiro atoms. The van der Waals surface area contributed by atoms with Gasteiger partial charge in [-0.3, -0.25) is 0 Å². The minimum absolute atomic E-state index is 0.104. The first-order valence-electron chi connectivity index (χ1n) is 5.23. The van der Waals surface area contributed by atoms with E-state index in [0.717, 1.165) is 0 Å². The number of phenols is 1. The summed E-state index contributed by atoms with van der Waals surface area (Å²) in [4.78, 5) is 13.4. The van der Waals surface area contributed by atoms with Crippen LogP contribution in [0.2, 0.25) is 10.0 Å². The van der Waals surface area contributed by atoms with Gasteiger partial charge in [0.05, 0.1) is 10.0 Å². The number of anilines is 1. The van der Waals surface area contributed by atoms with Crippen molar-refractivity contribution in [3.8, 4) is 5.75 Å². The summed E-state index contributed by atoms with van der Waals surface area (Å²) in [6, 6.07) is 2.67. The molecule has 4 nitrogen and oxygen atoms in total. The summed E-state index contributed by atoms with van der Waals surface area (Å²) in [5, 5.41) is 12.2. The van der Waals surface area contributed by atoms with E-state index in [1.54, 1.807) is 4.90 Å². The van der Waals surface area contributed by atoms with Crippen LogP contribution >= 0.6 is 23.2 Å². The van der Waals surface area contributed by atoms with Crippen molar-refractivity contribution in [3.63, 3.8) is 0 Å². The van der Waals surface area contributed by atoms with Crippen molar-refractivity contribution >= 4 is 34.9 Å². The molecule has 17 heavy (non-hydrogen) atoms. The predicted octanol–water partition coefficient (Wildman–Crippen LogP) is 3.57. The van der Waals surface area contributed by atoms with E-state index in [0.29, 0.717) is 18.8 Å². The van der Waals surface area contributed by atoms with Gasteiger partial charge < -0.3 is 15.3 Å². The summed E-state index contributed by atoms with van der Waals surface area (Å²) in [6.07, 6.45) is 0. The van der Waals surface area contributed by atoms with Gasteiger partial charge in [-0.2, -0.15) is 0 Å². The maximum absolute atomic E-state index is 11.7. The number of aromatic hydroxyl groups is 1. The third-order valence-electron chi connectivity index (χ3n) is 2.32. The number of benzene rings is 1. The number of hydrogen-bond donors (Lipinski definition) is 2. The molecule has 0 bridgehead atoms. The van der Waals surface area contributed by atoms with Crippen molar-refractivity contribution in [2.45, 2.75) is 13.8 Å². The van der Waals surface area contributed by atoms with Gasteiger partial charge in [-0.15, -0.1) is 0 Å². The Balaban J connectivity index is 2.85. The van der Waals surface area contributed by atoms with Gasteiger partial charge in [-0.05, 0) is 26.0 Å². The van der Waals surface area contributed by atoms with Crippen LogP contribution in [-0.4, -0.2) is 29.1 Å². The van der Waals surface area contributed by atoms with Crippen LogP contribution in [0.4, 0.5) is 10.5 Å². The summed E-state index contributed by atoms with van der Waals surface area (Å²) in [6.45, 7) is 5.00. The second kappa shape index (κ2) is 5.98. The van der Waals surface area contributed by atoms with Crippen molar-refractivity contribution in [1.82, 2.24) is 4.90 Å². The summed E-state index contributed by atoms with van der Waals surface area (Å²) in [7, 11) is 0. The molecule has 0 saturated heterocycles.